The van der Waals surface area contributed by atoms with E-state index in [9.17, 15) is 18.5 Å². The number of benzene rings is 1. The van der Waals surface area contributed by atoms with Crippen molar-refractivity contribution in [3.63, 3.8) is 0 Å². The van der Waals surface area contributed by atoms with Gasteiger partial charge in [-0.1, -0.05) is 5.92 Å². The van der Waals surface area contributed by atoms with E-state index >= 15 is 0 Å². The number of hydrogen-bond donors (Lipinski definition) is 0. The Labute approximate surface area is 112 Å². The van der Waals surface area contributed by atoms with Gasteiger partial charge in [0.25, 0.3) is 5.69 Å². The van der Waals surface area contributed by atoms with Gasteiger partial charge in [-0.25, -0.2) is 8.42 Å². The summed E-state index contributed by atoms with van der Waals surface area (Å²) < 4.78 is 25.3. The van der Waals surface area contributed by atoms with E-state index in [0.29, 0.717) is 11.1 Å². The molecule has 0 saturated carbocycles. The van der Waals surface area contributed by atoms with Crippen molar-refractivity contribution in [3.05, 3.63) is 33.4 Å². The van der Waals surface area contributed by atoms with Crippen molar-refractivity contribution in [1.82, 2.24) is 4.31 Å². The largest absolute Gasteiger partial charge is 0.273 e. The SMILES string of the molecule is C#CCN(C)S(=O)(=O)c1cc(C)c(C)c([N+](=O)[O-])c1. The third-order valence-corrected chi connectivity index (χ3v) is 4.61. The summed E-state index contributed by atoms with van der Waals surface area (Å²) >= 11 is 0. The van der Waals surface area contributed by atoms with Crippen LogP contribution >= 0.6 is 0 Å². The molecule has 0 aliphatic carbocycles. The van der Waals surface area contributed by atoms with E-state index in [1.54, 1.807) is 13.8 Å². The van der Waals surface area contributed by atoms with Crippen LogP contribution in [0.2, 0.25) is 0 Å². The highest BCUT2D eigenvalue weighted by Gasteiger charge is 2.24. The van der Waals surface area contributed by atoms with E-state index in [1.807, 2.05) is 0 Å². The number of nitrogens with zero attached hydrogens (tertiary/aromatic N) is 2. The molecule has 1 rings (SSSR count). The van der Waals surface area contributed by atoms with Gasteiger partial charge in [0, 0.05) is 18.7 Å². The molecule has 102 valence electrons. The van der Waals surface area contributed by atoms with Crippen molar-refractivity contribution >= 4 is 15.7 Å². The fourth-order valence-corrected chi connectivity index (χ4v) is 2.73. The predicted octanol–water partition coefficient (Wildman–Crippen LogP) is 1.47. The van der Waals surface area contributed by atoms with Crippen LogP contribution in [-0.2, 0) is 10.0 Å². The average Bonchev–Trinajstić information content (AvgIpc) is 2.32. The van der Waals surface area contributed by atoms with E-state index in [1.165, 1.54) is 13.1 Å². The molecule has 0 fully saturated rings. The highest BCUT2D eigenvalue weighted by molar-refractivity contribution is 7.89. The molecule has 0 aliphatic rings. The van der Waals surface area contributed by atoms with Gasteiger partial charge in [-0.15, -0.1) is 6.42 Å². The van der Waals surface area contributed by atoms with E-state index in [-0.39, 0.29) is 17.1 Å². The highest BCUT2D eigenvalue weighted by atomic mass is 32.2. The molecule has 0 aromatic heterocycles. The highest BCUT2D eigenvalue weighted by Crippen LogP contribution is 2.27. The molecule has 0 spiro atoms. The second kappa shape index (κ2) is 5.38. The van der Waals surface area contributed by atoms with E-state index in [2.05, 4.69) is 5.92 Å². The predicted molar refractivity (Wildman–Crippen MR) is 71.2 cm³/mol. The molecule has 0 bridgehead atoms. The molecule has 7 heteroatoms. The fraction of sp³-hybridized carbons (Fsp3) is 0.333. The summed E-state index contributed by atoms with van der Waals surface area (Å²) in [5, 5.41) is 10.9. The van der Waals surface area contributed by atoms with Crippen molar-refractivity contribution < 1.29 is 13.3 Å². The van der Waals surface area contributed by atoms with Gasteiger partial charge in [-0.3, -0.25) is 10.1 Å². The zero-order valence-corrected chi connectivity index (χ0v) is 11.7. The van der Waals surface area contributed by atoms with Crippen LogP contribution in [0.15, 0.2) is 17.0 Å². The first-order chi connectivity index (χ1) is 8.71. The molecule has 0 unspecified atom stereocenters. The zero-order valence-electron chi connectivity index (χ0n) is 10.9. The Balaban J connectivity index is 3.46. The quantitative estimate of drug-likeness (QED) is 0.476. The van der Waals surface area contributed by atoms with Gasteiger partial charge in [-0.2, -0.15) is 4.31 Å². The second-order valence-corrected chi connectivity index (χ2v) is 6.15. The van der Waals surface area contributed by atoms with Crippen molar-refractivity contribution in [2.75, 3.05) is 13.6 Å². The van der Waals surface area contributed by atoms with E-state index in [4.69, 9.17) is 6.42 Å². The van der Waals surface area contributed by atoms with Gasteiger partial charge < -0.3 is 0 Å². The number of nitro groups is 1. The molecule has 0 N–H and O–H groups in total. The third kappa shape index (κ3) is 2.92. The zero-order chi connectivity index (χ0) is 14.8. The van der Waals surface area contributed by atoms with Crippen LogP contribution in [0.25, 0.3) is 0 Å². The molecule has 6 nitrogen and oxygen atoms in total. The lowest BCUT2D eigenvalue weighted by molar-refractivity contribution is -0.385. The average molecular weight is 282 g/mol. The Morgan fingerprint density at radius 2 is 2.00 bits per heavy atom. The molecular formula is C12H14N2O4S. The first kappa shape index (κ1) is 15.1. The summed E-state index contributed by atoms with van der Waals surface area (Å²) in [6.07, 6.45) is 5.07. The Bertz CT molecular complexity index is 659. The molecule has 0 radical (unpaired) electrons. The monoisotopic (exact) mass is 282 g/mol. The first-order valence-electron chi connectivity index (χ1n) is 5.37. The minimum Gasteiger partial charge on any atom is -0.258 e. The number of nitro benzene ring substituents is 1. The first-order valence-corrected chi connectivity index (χ1v) is 6.81. The maximum absolute atomic E-state index is 12.2. The minimum absolute atomic E-state index is 0.0942. The van der Waals surface area contributed by atoms with Gasteiger partial charge in [0.2, 0.25) is 10.0 Å². The van der Waals surface area contributed by atoms with Crippen LogP contribution in [0.1, 0.15) is 11.1 Å². The summed E-state index contributed by atoms with van der Waals surface area (Å²) in [5.74, 6) is 2.22. The van der Waals surface area contributed by atoms with E-state index in [0.717, 1.165) is 10.4 Å². The Kier molecular flexibility index (Phi) is 4.29. The van der Waals surface area contributed by atoms with Gasteiger partial charge in [0.1, 0.15) is 0 Å². The third-order valence-electron chi connectivity index (χ3n) is 2.83. The summed E-state index contributed by atoms with van der Waals surface area (Å²) in [7, 11) is -2.48. The molecule has 1 aromatic carbocycles. The Morgan fingerprint density at radius 3 is 2.47 bits per heavy atom. The molecule has 0 atom stereocenters. The van der Waals surface area contributed by atoms with Crippen LogP contribution in [-0.4, -0.2) is 31.2 Å². The molecule has 0 saturated heterocycles. The van der Waals surface area contributed by atoms with Crippen LogP contribution < -0.4 is 0 Å². The lowest BCUT2D eigenvalue weighted by Crippen LogP contribution is -2.27. The molecule has 0 heterocycles. The van der Waals surface area contributed by atoms with Crippen LogP contribution in [0.3, 0.4) is 0 Å². The summed E-state index contributed by atoms with van der Waals surface area (Å²) in [4.78, 5) is 10.2. The lowest BCUT2D eigenvalue weighted by atomic mass is 10.1. The van der Waals surface area contributed by atoms with Gasteiger partial charge in [-0.05, 0) is 25.5 Å². The number of terminal acetylenes is 1. The topological polar surface area (TPSA) is 80.5 Å². The van der Waals surface area contributed by atoms with Crippen LogP contribution in [0, 0.1) is 36.3 Å². The minimum atomic E-state index is -3.81. The number of sulfonamides is 1. The van der Waals surface area contributed by atoms with Crippen molar-refractivity contribution in [3.8, 4) is 12.3 Å². The summed E-state index contributed by atoms with van der Waals surface area (Å²) in [5.41, 5.74) is 0.776. The van der Waals surface area contributed by atoms with Gasteiger partial charge >= 0.3 is 0 Å². The Morgan fingerprint density at radius 1 is 1.42 bits per heavy atom. The van der Waals surface area contributed by atoms with Crippen molar-refractivity contribution in [1.29, 1.82) is 0 Å². The number of hydrogen-bond acceptors (Lipinski definition) is 4. The maximum Gasteiger partial charge on any atom is 0.273 e. The smallest absolute Gasteiger partial charge is 0.258 e. The fourth-order valence-electron chi connectivity index (χ4n) is 1.54. The molecule has 0 amide bonds. The summed E-state index contributed by atoms with van der Waals surface area (Å²) in [6, 6.07) is 2.47. The molecule has 0 aliphatic heterocycles. The Hall–Kier alpha value is -1.91. The number of rotatable bonds is 4. The number of aryl methyl sites for hydroxylation is 1. The maximum atomic E-state index is 12.2. The summed E-state index contributed by atoms with van der Waals surface area (Å²) in [6.45, 7) is 3.11. The van der Waals surface area contributed by atoms with Gasteiger partial charge in [0.05, 0.1) is 16.4 Å². The van der Waals surface area contributed by atoms with Crippen molar-refractivity contribution in [2.24, 2.45) is 0 Å². The molecule has 1 aromatic rings. The van der Waals surface area contributed by atoms with Crippen LogP contribution in [0.5, 0.6) is 0 Å². The van der Waals surface area contributed by atoms with Crippen molar-refractivity contribution in [2.45, 2.75) is 18.7 Å². The van der Waals surface area contributed by atoms with E-state index < -0.39 is 14.9 Å². The second-order valence-electron chi connectivity index (χ2n) is 4.11. The molecular weight excluding hydrogens is 268 g/mol. The standard InChI is InChI=1S/C12H14N2O4S/c1-5-6-13(4)19(17,18)11-7-9(2)10(3)12(8-11)14(15)16/h1,7-8H,6H2,2-4H3. The lowest BCUT2D eigenvalue weighted by Gasteiger charge is -2.15. The normalized spacial score (nSPS) is 11.3. The van der Waals surface area contributed by atoms with Crippen LogP contribution in [0.4, 0.5) is 5.69 Å². The van der Waals surface area contributed by atoms with Gasteiger partial charge in [0.15, 0.2) is 0 Å². The molecule has 19 heavy (non-hydrogen) atoms.